The van der Waals surface area contributed by atoms with E-state index in [1.54, 1.807) is 7.11 Å². The minimum atomic E-state index is 0.0369. The number of aromatic amines is 1. The van der Waals surface area contributed by atoms with E-state index < -0.39 is 0 Å². The summed E-state index contributed by atoms with van der Waals surface area (Å²) in [6.45, 7) is 2.90. The second-order valence-electron chi connectivity index (χ2n) is 7.44. The van der Waals surface area contributed by atoms with E-state index in [2.05, 4.69) is 26.1 Å². The van der Waals surface area contributed by atoms with Gasteiger partial charge in [0.15, 0.2) is 5.82 Å². The molecule has 7 nitrogen and oxygen atoms in total. The highest BCUT2D eigenvalue weighted by Gasteiger charge is 2.25. The van der Waals surface area contributed by atoms with E-state index in [-0.39, 0.29) is 5.91 Å². The normalized spacial score (nSPS) is 16.5. The van der Waals surface area contributed by atoms with Crippen molar-refractivity contribution in [2.75, 3.05) is 38.2 Å². The number of piperazine rings is 1. The first-order valence-corrected chi connectivity index (χ1v) is 9.78. The van der Waals surface area contributed by atoms with Crippen LogP contribution in [0.3, 0.4) is 0 Å². The van der Waals surface area contributed by atoms with Gasteiger partial charge in [0, 0.05) is 43.1 Å². The smallest absolute Gasteiger partial charge is 0.270 e. The Morgan fingerprint density at radius 1 is 1.07 bits per heavy atom. The number of carbonyl (C=O) groups is 1. The van der Waals surface area contributed by atoms with E-state index in [4.69, 9.17) is 4.74 Å². The number of anilines is 1. The third-order valence-electron chi connectivity index (χ3n) is 5.76. The molecule has 0 saturated carbocycles. The molecule has 7 heteroatoms. The lowest BCUT2D eigenvalue weighted by Crippen LogP contribution is -2.49. The molecule has 1 N–H and O–H groups in total. The van der Waals surface area contributed by atoms with Crippen LogP contribution in [0.15, 0.2) is 30.3 Å². The van der Waals surface area contributed by atoms with Gasteiger partial charge in [-0.15, -0.1) is 5.10 Å². The topological polar surface area (TPSA) is 74.3 Å². The predicted molar refractivity (Wildman–Crippen MR) is 107 cm³/mol. The largest absolute Gasteiger partial charge is 0.497 e. The van der Waals surface area contributed by atoms with Gasteiger partial charge in [0.05, 0.1) is 12.8 Å². The summed E-state index contributed by atoms with van der Waals surface area (Å²) in [5, 5.41) is 9.80. The van der Waals surface area contributed by atoms with Crippen molar-refractivity contribution in [1.82, 2.24) is 20.1 Å². The van der Waals surface area contributed by atoms with Crippen LogP contribution in [0.1, 0.15) is 28.2 Å². The fourth-order valence-corrected chi connectivity index (χ4v) is 4.13. The number of aromatic nitrogens is 3. The molecular formula is C21H23N5O2. The lowest BCUT2D eigenvalue weighted by molar-refractivity contribution is 0.0741. The molecular weight excluding hydrogens is 354 g/mol. The Labute approximate surface area is 163 Å². The first-order valence-electron chi connectivity index (χ1n) is 9.78. The van der Waals surface area contributed by atoms with Crippen molar-refractivity contribution in [3.63, 3.8) is 0 Å². The van der Waals surface area contributed by atoms with E-state index in [1.165, 1.54) is 12.0 Å². The maximum atomic E-state index is 12.9. The zero-order chi connectivity index (χ0) is 19.1. The Morgan fingerprint density at radius 3 is 2.75 bits per heavy atom. The molecule has 1 fully saturated rings. The van der Waals surface area contributed by atoms with Gasteiger partial charge in [0.25, 0.3) is 5.91 Å². The standard InChI is InChI=1S/C21H23N5O2/c1-28-16-6-5-15-11-19(22-18(15)13-16)21(27)26-9-7-25(8-10-26)20-12-14-3-2-4-17(14)23-24-20/h5-6,11-13,22H,2-4,7-10H2,1H3. The van der Waals surface area contributed by atoms with E-state index in [1.807, 2.05) is 29.2 Å². The molecule has 0 radical (unpaired) electrons. The molecule has 28 heavy (non-hydrogen) atoms. The molecule has 0 atom stereocenters. The molecule has 1 aromatic carbocycles. The highest BCUT2D eigenvalue weighted by Crippen LogP contribution is 2.25. The summed E-state index contributed by atoms with van der Waals surface area (Å²) >= 11 is 0. The van der Waals surface area contributed by atoms with Gasteiger partial charge in [-0.05, 0) is 49.1 Å². The Balaban J connectivity index is 1.28. The maximum absolute atomic E-state index is 12.9. The third kappa shape index (κ3) is 2.96. The molecule has 3 aromatic rings. The van der Waals surface area contributed by atoms with Gasteiger partial charge in [-0.2, -0.15) is 5.10 Å². The molecule has 1 aliphatic heterocycles. The van der Waals surface area contributed by atoms with Crippen molar-refractivity contribution in [2.24, 2.45) is 0 Å². The third-order valence-corrected chi connectivity index (χ3v) is 5.76. The van der Waals surface area contributed by atoms with E-state index >= 15 is 0 Å². The number of rotatable bonds is 3. The van der Waals surface area contributed by atoms with Crippen molar-refractivity contribution in [3.8, 4) is 5.75 Å². The maximum Gasteiger partial charge on any atom is 0.270 e. The van der Waals surface area contributed by atoms with Crippen molar-refractivity contribution >= 4 is 22.6 Å². The quantitative estimate of drug-likeness (QED) is 0.759. The highest BCUT2D eigenvalue weighted by atomic mass is 16.5. The Hall–Kier alpha value is -3.09. The number of hydrogen-bond acceptors (Lipinski definition) is 5. The molecule has 0 bridgehead atoms. The summed E-state index contributed by atoms with van der Waals surface area (Å²) in [6, 6.07) is 9.87. The van der Waals surface area contributed by atoms with Gasteiger partial charge >= 0.3 is 0 Å². The second-order valence-corrected chi connectivity index (χ2v) is 7.44. The van der Waals surface area contributed by atoms with Crippen LogP contribution in [0, 0.1) is 0 Å². The van der Waals surface area contributed by atoms with Crippen LogP contribution in [-0.2, 0) is 12.8 Å². The molecule has 3 heterocycles. The molecule has 2 aromatic heterocycles. The van der Waals surface area contributed by atoms with Gasteiger partial charge in [0.1, 0.15) is 11.4 Å². The summed E-state index contributed by atoms with van der Waals surface area (Å²) < 4.78 is 5.26. The lowest BCUT2D eigenvalue weighted by Gasteiger charge is -2.35. The van der Waals surface area contributed by atoms with Crippen LogP contribution in [0.25, 0.3) is 10.9 Å². The molecule has 0 spiro atoms. The molecule has 1 saturated heterocycles. The van der Waals surface area contributed by atoms with Crippen LogP contribution in [0.4, 0.5) is 5.82 Å². The second kappa shape index (κ2) is 6.82. The Kier molecular flexibility index (Phi) is 4.15. The molecule has 1 aliphatic carbocycles. The number of methoxy groups -OCH3 is 1. The number of amides is 1. The number of fused-ring (bicyclic) bond motifs is 2. The Bertz CT molecular complexity index is 1040. The molecule has 2 aliphatic rings. The van der Waals surface area contributed by atoms with Crippen molar-refractivity contribution < 1.29 is 9.53 Å². The number of nitrogens with zero attached hydrogens (tertiary/aromatic N) is 4. The number of benzene rings is 1. The molecule has 5 rings (SSSR count). The van der Waals surface area contributed by atoms with Gasteiger partial charge in [0.2, 0.25) is 0 Å². The van der Waals surface area contributed by atoms with E-state index in [0.717, 1.165) is 54.1 Å². The van der Waals surface area contributed by atoms with Crippen molar-refractivity contribution in [3.05, 3.63) is 47.3 Å². The summed E-state index contributed by atoms with van der Waals surface area (Å²) in [4.78, 5) is 20.3. The SMILES string of the molecule is COc1ccc2cc(C(=O)N3CCN(c4cc5c(nn4)CCC5)CC3)[nH]c2c1. The van der Waals surface area contributed by atoms with Gasteiger partial charge in [-0.3, -0.25) is 4.79 Å². The van der Waals surface area contributed by atoms with E-state index in [0.29, 0.717) is 18.8 Å². The average molecular weight is 377 g/mol. The monoisotopic (exact) mass is 377 g/mol. The molecule has 0 unspecified atom stereocenters. The van der Waals surface area contributed by atoms with Crippen LogP contribution in [-0.4, -0.2) is 59.3 Å². The number of nitrogens with one attached hydrogen (secondary N) is 1. The first-order chi connectivity index (χ1) is 13.7. The fraction of sp³-hybridized carbons (Fsp3) is 0.381. The number of aryl methyl sites for hydroxylation is 2. The van der Waals surface area contributed by atoms with Gasteiger partial charge in [-0.25, -0.2) is 0 Å². The number of carbonyl (C=O) groups excluding carboxylic acids is 1. The van der Waals surface area contributed by atoms with Crippen LogP contribution in [0.2, 0.25) is 0 Å². The predicted octanol–water partition coefficient (Wildman–Crippen LogP) is 2.42. The van der Waals surface area contributed by atoms with Crippen LogP contribution < -0.4 is 9.64 Å². The number of H-pyrrole nitrogens is 1. The minimum absolute atomic E-state index is 0.0369. The lowest BCUT2D eigenvalue weighted by atomic mass is 10.2. The number of hydrogen-bond donors (Lipinski definition) is 1. The van der Waals surface area contributed by atoms with Crippen molar-refractivity contribution in [2.45, 2.75) is 19.3 Å². The first kappa shape index (κ1) is 17.0. The summed E-state index contributed by atoms with van der Waals surface area (Å²) in [5.74, 6) is 1.75. The molecule has 144 valence electrons. The summed E-state index contributed by atoms with van der Waals surface area (Å²) in [7, 11) is 1.64. The Morgan fingerprint density at radius 2 is 1.93 bits per heavy atom. The zero-order valence-corrected chi connectivity index (χ0v) is 15.9. The van der Waals surface area contributed by atoms with E-state index in [9.17, 15) is 4.79 Å². The number of ether oxygens (including phenoxy) is 1. The van der Waals surface area contributed by atoms with Crippen molar-refractivity contribution in [1.29, 1.82) is 0 Å². The van der Waals surface area contributed by atoms with Crippen LogP contribution >= 0.6 is 0 Å². The van der Waals surface area contributed by atoms with Gasteiger partial charge < -0.3 is 19.5 Å². The molecule has 1 amide bonds. The van der Waals surface area contributed by atoms with Crippen LogP contribution in [0.5, 0.6) is 5.75 Å². The zero-order valence-electron chi connectivity index (χ0n) is 15.9. The minimum Gasteiger partial charge on any atom is -0.497 e. The highest BCUT2D eigenvalue weighted by molar-refractivity contribution is 5.98. The summed E-state index contributed by atoms with van der Waals surface area (Å²) in [5.41, 5.74) is 4.01. The summed E-state index contributed by atoms with van der Waals surface area (Å²) in [6.07, 6.45) is 3.31. The van der Waals surface area contributed by atoms with Gasteiger partial charge in [-0.1, -0.05) is 0 Å². The average Bonchev–Trinajstić information content (AvgIpc) is 3.38. The fourth-order valence-electron chi connectivity index (χ4n) is 4.13.